The van der Waals surface area contributed by atoms with Crippen molar-refractivity contribution in [3.63, 3.8) is 0 Å². The molecule has 0 heterocycles. The Morgan fingerprint density at radius 3 is 1.97 bits per heavy atom. The average molecular weight is 421 g/mol. The Morgan fingerprint density at radius 2 is 1.25 bits per heavy atom. The summed E-state index contributed by atoms with van der Waals surface area (Å²) < 4.78 is 15.8. The van der Waals surface area contributed by atoms with Crippen molar-refractivity contribution in [2.75, 3.05) is 0 Å². The molecule has 0 saturated heterocycles. The first-order valence-corrected chi connectivity index (χ1v) is 11.3. The molecule has 1 heteroatoms. The van der Waals surface area contributed by atoms with E-state index in [1.807, 2.05) is 30.3 Å². The van der Waals surface area contributed by atoms with Gasteiger partial charge in [-0.05, 0) is 62.1 Å². The minimum absolute atomic E-state index is 0.0839. The molecule has 0 amide bonds. The Balaban J connectivity index is 1.87. The molecule has 0 aromatic heterocycles. The molecule has 4 aromatic carbocycles. The largest absolute Gasteiger partial charge is 0.207 e. The van der Waals surface area contributed by atoms with Gasteiger partial charge in [-0.3, -0.25) is 0 Å². The molecule has 32 heavy (non-hydrogen) atoms. The molecule has 0 radical (unpaired) electrons. The second-order valence-electron chi connectivity index (χ2n) is 10.4. The van der Waals surface area contributed by atoms with Crippen molar-refractivity contribution in [1.82, 2.24) is 0 Å². The number of rotatable bonds is 2. The van der Waals surface area contributed by atoms with Gasteiger partial charge >= 0.3 is 0 Å². The van der Waals surface area contributed by atoms with Gasteiger partial charge in [-0.25, -0.2) is 4.39 Å². The number of halogens is 1. The summed E-state index contributed by atoms with van der Waals surface area (Å²) in [5, 5.41) is 0. The van der Waals surface area contributed by atoms with Gasteiger partial charge in [0.15, 0.2) is 0 Å². The van der Waals surface area contributed by atoms with Gasteiger partial charge in [0.2, 0.25) is 0 Å². The third-order valence-electron chi connectivity index (χ3n) is 6.85. The highest BCUT2D eigenvalue weighted by Crippen LogP contribution is 2.53. The average Bonchev–Trinajstić information content (AvgIpc) is 3.00. The van der Waals surface area contributed by atoms with Crippen molar-refractivity contribution in [2.45, 2.75) is 45.4 Å². The van der Waals surface area contributed by atoms with Gasteiger partial charge in [0, 0.05) is 11.0 Å². The van der Waals surface area contributed by atoms with Crippen LogP contribution in [0, 0.1) is 5.82 Å². The van der Waals surface area contributed by atoms with Crippen LogP contribution in [0.2, 0.25) is 0 Å². The summed E-state index contributed by atoms with van der Waals surface area (Å²) in [7, 11) is 0. The summed E-state index contributed by atoms with van der Waals surface area (Å²) >= 11 is 0. The molecule has 0 spiro atoms. The van der Waals surface area contributed by atoms with E-state index in [2.05, 4.69) is 83.1 Å². The molecule has 160 valence electrons. The summed E-state index contributed by atoms with van der Waals surface area (Å²) in [5.41, 5.74) is 9.54. The lowest BCUT2D eigenvalue weighted by molar-refractivity contribution is 0.525. The van der Waals surface area contributed by atoms with Crippen LogP contribution in [-0.4, -0.2) is 0 Å². The zero-order chi connectivity index (χ0) is 22.7. The van der Waals surface area contributed by atoms with E-state index in [0.717, 1.165) is 27.8 Å². The van der Waals surface area contributed by atoms with E-state index in [9.17, 15) is 0 Å². The minimum Gasteiger partial charge on any atom is -0.207 e. The topological polar surface area (TPSA) is 0 Å². The first-order chi connectivity index (χ1) is 15.2. The Kier molecular flexibility index (Phi) is 4.64. The highest BCUT2D eigenvalue weighted by atomic mass is 19.1. The number of fused-ring (bicyclic) bond motifs is 3. The van der Waals surface area contributed by atoms with Crippen molar-refractivity contribution in [3.05, 3.63) is 107 Å². The summed E-state index contributed by atoms with van der Waals surface area (Å²) in [6, 6.07) is 29.1. The number of benzene rings is 4. The van der Waals surface area contributed by atoms with Crippen LogP contribution in [0.4, 0.5) is 4.39 Å². The van der Waals surface area contributed by atoms with E-state index in [-0.39, 0.29) is 16.6 Å². The van der Waals surface area contributed by atoms with Gasteiger partial charge in [0.25, 0.3) is 0 Å². The van der Waals surface area contributed by atoms with Gasteiger partial charge in [-0.1, -0.05) is 107 Å². The van der Waals surface area contributed by atoms with Crippen LogP contribution < -0.4 is 0 Å². The summed E-state index contributed by atoms with van der Waals surface area (Å²) in [6.45, 7) is 10.9. The number of hydrogen-bond donors (Lipinski definition) is 0. The molecular formula is C31H29F. The van der Waals surface area contributed by atoms with Crippen LogP contribution >= 0.6 is 0 Å². The predicted octanol–water partition coefficient (Wildman–Crippen LogP) is 8.76. The first-order valence-electron chi connectivity index (χ1n) is 11.3. The van der Waals surface area contributed by atoms with E-state index in [1.165, 1.54) is 22.3 Å². The van der Waals surface area contributed by atoms with E-state index in [0.29, 0.717) is 0 Å². The Bertz CT molecular complexity index is 1320. The molecule has 0 bridgehead atoms. The third-order valence-corrected chi connectivity index (χ3v) is 6.85. The lowest BCUT2D eigenvalue weighted by Crippen LogP contribution is -2.16. The summed E-state index contributed by atoms with van der Waals surface area (Å²) in [6.07, 6.45) is 0. The summed E-state index contributed by atoms with van der Waals surface area (Å²) in [4.78, 5) is 0. The van der Waals surface area contributed by atoms with Crippen molar-refractivity contribution < 1.29 is 4.39 Å². The molecular weight excluding hydrogens is 391 g/mol. The fourth-order valence-corrected chi connectivity index (χ4v) is 5.36. The van der Waals surface area contributed by atoms with Crippen molar-refractivity contribution >= 4 is 0 Å². The van der Waals surface area contributed by atoms with Crippen LogP contribution in [0.25, 0.3) is 33.4 Å². The molecule has 0 aliphatic heterocycles. The third kappa shape index (κ3) is 3.11. The minimum atomic E-state index is -0.328. The van der Waals surface area contributed by atoms with E-state index in [1.54, 1.807) is 6.07 Å². The molecule has 0 fully saturated rings. The SMILES string of the molecule is CC(C)(C)c1c(F)cc(-c2ccccc2)cc1-c1cccc2c1-c1ccccc1C2(C)C. The lowest BCUT2D eigenvalue weighted by atomic mass is 9.78. The van der Waals surface area contributed by atoms with Gasteiger partial charge in [-0.15, -0.1) is 0 Å². The molecule has 1 aliphatic carbocycles. The van der Waals surface area contributed by atoms with Crippen molar-refractivity contribution in [3.8, 4) is 33.4 Å². The highest BCUT2D eigenvalue weighted by Gasteiger charge is 2.37. The molecule has 5 rings (SSSR count). The zero-order valence-electron chi connectivity index (χ0n) is 19.5. The standard InChI is InChI=1S/C31H29F/c1-30(2,3)29-24(18-21(19-27(29)32)20-12-7-6-8-13-20)22-15-11-17-26-28(22)23-14-9-10-16-25(23)31(26,4)5/h6-19H,1-5H3. The Labute approximate surface area is 190 Å². The Morgan fingerprint density at radius 1 is 0.625 bits per heavy atom. The zero-order valence-corrected chi connectivity index (χ0v) is 19.5. The second kappa shape index (κ2) is 7.17. The van der Waals surface area contributed by atoms with Crippen LogP contribution in [0.3, 0.4) is 0 Å². The highest BCUT2D eigenvalue weighted by molar-refractivity contribution is 5.94. The fraction of sp³-hybridized carbons (Fsp3) is 0.226. The molecule has 4 aromatic rings. The maximum absolute atomic E-state index is 15.8. The van der Waals surface area contributed by atoms with Gasteiger partial charge in [0.1, 0.15) is 5.82 Å². The molecule has 0 saturated carbocycles. The van der Waals surface area contributed by atoms with Gasteiger partial charge in [0.05, 0.1) is 0 Å². The maximum atomic E-state index is 15.8. The molecule has 1 aliphatic rings. The normalized spacial score (nSPS) is 14.2. The molecule has 0 N–H and O–H groups in total. The molecule has 0 nitrogen and oxygen atoms in total. The molecule has 0 unspecified atom stereocenters. The van der Waals surface area contributed by atoms with Gasteiger partial charge in [-0.2, -0.15) is 0 Å². The van der Waals surface area contributed by atoms with Crippen LogP contribution in [0.1, 0.15) is 51.3 Å². The van der Waals surface area contributed by atoms with Crippen LogP contribution in [0.15, 0.2) is 84.9 Å². The number of hydrogen-bond acceptors (Lipinski definition) is 0. The van der Waals surface area contributed by atoms with Crippen molar-refractivity contribution in [1.29, 1.82) is 0 Å². The Hall–Kier alpha value is -3.19. The van der Waals surface area contributed by atoms with E-state index in [4.69, 9.17) is 0 Å². The monoisotopic (exact) mass is 420 g/mol. The van der Waals surface area contributed by atoms with Crippen LogP contribution in [0.5, 0.6) is 0 Å². The van der Waals surface area contributed by atoms with E-state index < -0.39 is 0 Å². The quantitative estimate of drug-likeness (QED) is 0.304. The lowest BCUT2D eigenvalue weighted by Gasteiger charge is -2.26. The first kappa shape index (κ1) is 20.7. The maximum Gasteiger partial charge on any atom is 0.128 e. The van der Waals surface area contributed by atoms with Gasteiger partial charge < -0.3 is 0 Å². The smallest absolute Gasteiger partial charge is 0.128 e. The fourth-order valence-electron chi connectivity index (χ4n) is 5.36. The van der Waals surface area contributed by atoms with E-state index >= 15 is 4.39 Å². The predicted molar refractivity (Wildman–Crippen MR) is 134 cm³/mol. The second-order valence-corrected chi connectivity index (χ2v) is 10.4. The van der Waals surface area contributed by atoms with Crippen molar-refractivity contribution in [2.24, 2.45) is 0 Å². The molecule has 0 atom stereocenters. The summed E-state index contributed by atoms with van der Waals surface area (Å²) in [5.74, 6) is -0.142. The van der Waals surface area contributed by atoms with Crippen LogP contribution in [-0.2, 0) is 10.8 Å².